The Morgan fingerprint density at radius 2 is 1.64 bits per heavy atom. The molecule has 0 amide bonds. The summed E-state index contributed by atoms with van der Waals surface area (Å²) in [7, 11) is 0. The van der Waals surface area contributed by atoms with E-state index in [1.165, 1.54) is 42.5 Å². The third-order valence-corrected chi connectivity index (χ3v) is 3.66. The fraction of sp³-hybridized carbons (Fsp3) is 0.167. The maximum Gasteiger partial charge on any atom is 0.273 e. The number of ketones is 1. The standard InChI is InChI=1S/C18H16N2O5/c1-12(2)16-9-3-13(11-17(16)20(24)25)4-10-18(21)14-5-7-15(8-6-14)19(22)23/h3-12H,1-2H3/b10-4+. The minimum absolute atomic E-state index is 0.0138. The van der Waals surface area contributed by atoms with E-state index in [4.69, 9.17) is 0 Å². The molecule has 0 aliphatic heterocycles. The fourth-order valence-corrected chi connectivity index (χ4v) is 2.33. The van der Waals surface area contributed by atoms with Crippen molar-refractivity contribution in [3.05, 3.63) is 85.5 Å². The topological polar surface area (TPSA) is 103 Å². The van der Waals surface area contributed by atoms with Gasteiger partial charge in [0.1, 0.15) is 0 Å². The largest absolute Gasteiger partial charge is 0.289 e. The number of allylic oxidation sites excluding steroid dienone is 1. The SMILES string of the molecule is CC(C)c1ccc(/C=C/C(=O)c2ccc([N+](=O)[O-])cc2)cc1[N+](=O)[O-]. The normalized spacial score (nSPS) is 11.0. The van der Waals surface area contributed by atoms with Gasteiger partial charge in [-0.05, 0) is 29.7 Å². The van der Waals surface area contributed by atoms with Crippen LogP contribution < -0.4 is 0 Å². The number of nitro benzene ring substituents is 2. The van der Waals surface area contributed by atoms with Crippen LogP contribution >= 0.6 is 0 Å². The molecule has 0 radical (unpaired) electrons. The van der Waals surface area contributed by atoms with Gasteiger partial charge >= 0.3 is 0 Å². The smallest absolute Gasteiger partial charge is 0.273 e. The second kappa shape index (κ2) is 7.48. The number of nitrogens with zero attached hydrogens (tertiary/aromatic N) is 2. The Balaban J connectivity index is 2.23. The van der Waals surface area contributed by atoms with Crippen molar-refractivity contribution in [3.63, 3.8) is 0 Å². The van der Waals surface area contributed by atoms with Crippen LogP contribution in [-0.2, 0) is 0 Å². The monoisotopic (exact) mass is 340 g/mol. The van der Waals surface area contributed by atoms with Crippen LogP contribution in [0.5, 0.6) is 0 Å². The highest BCUT2D eigenvalue weighted by molar-refractivity contribution is 6.06. The first kappa shape index (κ1) is 18.0. The quantitative estimate of drug-likeness (QED) is 0.333. The van der Waals surface area contributed by atoms with E-state index in [1.54, 1.807) is 12.1 Å². The van der Waals surface area contributed by atoms with Crippen molar-refractivity contribution in [1.29, 1.82) is 0 Å². The summed E-state index contributed by atoms with van der Waals surface area (Å²) in [4.78, 5) is 32.9. The van der Waals surface area contributed by atoms with Crippen molar-refractivity contribution < 1.29 is 14.6 Å². The van der Waals surface area contributed by atoms with Gasteiger partial charge in [0.15, 0.2) is 5.78 Å². The number of carbonyl (C=O) groups is 1. The lowest BCUT2D eigenvalue weighted by Crippen LogP contribution is -1.98. The van der Waals surface area contributed by atoms with Gasteiger partial charge in [0.25, 0.3) is 11.4 Å². The van der Waals surface area contributed by atoms with Gasteiger partial charge in [0.05, 0.1) is 9.85 Å². The van der Waals surface area contributed by atoms with Crippen molar-refractivity contribution in [2.24, 2.45) is 0 Å². The molecular formula is C18H16N2O5. The third-order valence-electron chi connectivity index (χ3n) is 3.66. The Hall–Kier alpha value is -3.35. The summed E-state index contributed by atoms with van der Waals surface area (Å²) >= 11 is 0. The zero-order chi connectivity index (χ0) is 18.6. The van der Waals surface area contributed by atoms with Crippen LogP contribution in [0.25, 0.3) is 6.08 Å². The number of hydrogen-bond acceptors (Lipinski definition) is 5. The maximum atomic E-state index is 12.1. The molecule has 2 aromatic carbocycles. The van der Waals surface area contributed by atoms with Crippen LogP contribution in [0.4, 0.5) is 11.4 Å². The highest BCUT2D eigenvalue weighted by atomic mass is 16.6. The number of nitro groups is 2. The lowest BCUT2D eigenvalue weighted by molar-refractivity contribution is -0.385. The summed E-state index contributed by atoms with van der Waals surface area (Å²) in [6.07, 6.45) is 2.77. The predicted octanol–water partition coefficient (Wildman–Crippen LogP) is 4.52. The number of benzene rings is 2. The first-order valence-electron chi connectivity index (χ1n) is 7.55. The number of non-ortho nitro benzene ring substituents is 1. The second-order valence-corrected chi connectivity index (χ2v) is 5.73. The molecular weight excluding hydrogens is 324 g/mol. The van der Waals surface area contributed by atoms with Crippen LogP contribution in [-0.4, -0.2) is 15.6 Å². The molecule has 0 aliphatic rings. The highest BCUT2D eigenvalue weighted by Crippen LogP contribution is 2.27. The van der Waals surface area contributed by atoms with Gasteiger partial charge in [-0.2, -0.15) is 0 Å². The van der Waals surface area contributed by atoms with Crippen LogP contribution in [0, 0.1) is 20.2 Å². The van der Waals surface area contributed by atoms with Crippen molar-refractivity contribution in [3.8, 4) is 0 Å². The second-order valence-electron chi connectivity index (χ2n) is 5.73. The first-order chi connectivity index (χ1) is 11.8. The molecule has 0 N–H and O–H groups in total. The van der Waals surface area contributed by atoms with E-state index in [1.807, 2.05) is 13.8 Å². The molecule has 128 valence electrons. The molecule has 0 atom stereocenters. The Kier molecular flexibility index (Phi) is 5.38. The van der Waals surface area contributed by atoms with Crippen LogP contribution in [0.3, 0.4) is 0 Å². The summed E-state index contributed by atoms with van der Waals surface area (Å²) in [5, 5.41) is 21.8. The predicted molar refractivity (Wildman–Crippen MR) is 93.6 cm³/mol. The van der Waals surface area contributed by atoms with Crippen molar-refractivity contribution >= 4 is 23.2 Å². The zero-order valence-corrected chi connectivity index (χ0v) is 13.7. The van der Waals surface area contributed by atoms with Crippen molar-refractivity contribution in [1.82, 2.24) is 0 Å². The van der Waals surface area contributed by atoms with Gasteiger partial charge < -0.3 is 0 Å². The third kappa shape index (κ3) is 4.35. The van der Waals surface area contributed by atoms with E-state index >= 15 is 0 Å². The zero-order valence-electron chi connectivity index (χ0n) is 13.7. The van der Waals surface area contributed by atoms with E-state index < -0.39 is 9.85 Å². The summed E-state index contributed by atoms with van der Waals surface area (Å²) < 4.78 is 0. The molecule has 0 aromatic heterocycles. The summed E-state index contributed by atoms with van der Waals surface area (Å²) in [5.41, 5.74) is 1.38. The summed E-state index contributed by atoms with van der Waals surface area (Å²) in [6.45, 7) is 3.74. The number of hydrogen-bond donors (Lipinski definition) is 0. The van der Waals surface area contributed by atoms with E-state index in [2.05, 4.69) is 0 Å². The van der Waals surface area contributed by atoms with E-state index in [0.717, 1.165) is 0 Å². The minimum atomic E-state index is -0.542. The maximum absolute atomic E-state index is 12.1. The summed E-state index contributed by atoms with van der Waals surface area (Å²) in [5.74, 6) is -0.328. The Morgan fingerprint density at radius 3 is 2.16 bits per heavy atom. The molecule has 0 unspecified atom stereocenters. The molecule has 0 aliphatic carbocycles. The van der Waals surface area contributed by atoms with Crippen LogP contribution in [0.15, 0.2) is 48.5 Å². The Morgan fingerprint density at radius 1 is 1.00 bits per heavy atom. The van der Waals surface area contributed by atoms with Gasteiger partial charge in [-0.1, -0.05) is 32.1 Å². The van der Waals surface area contributed by atoms with Crippen molar-refractivity contribution in [2.45, 2.75) is 19.8 Å². The van der Waals surface area contributed by atoms with Crippen molar-refractivity contribution in [2.75, 3.05) is 0 Å². The molecule has 25 heavy (non-hydrogen) atoms. The molecule has 0 bridgehead atoms. The van der Waals surface area contributed by atoms with Gasteiger partial charge in [-0.15, -0.1) is 0 Å². The van der Waals surface area contributed by atoms with Crippen LogP contribution in [0.1, 0.15) is 41.3 Å². The number of rotatable bonds is 6. The lowest BCUT2D eigenvalue weighted by atomic mass is 9.99. The van der Waals surface area contributed by atoms with Gasteiger partial charge in [-0.25, -0.2) is 0 Å². The molecule has 0 heterocycles. The van der Waals surface area contributed by atoms with Gasteiger partial charge in [0.2, 0.25) is 0 Å². The average Bonchev–Trinajstić information content (AvgIpc) is 2.59. The fourth-order valence-electron chi connectivity index (χ4n) is 2.33. The highest BCUT2D eigenvalue weighted by Gasteiger charge is 2.16. The molecule has 2 aromatic rings. The van der Waals surface area contributed by atoms with E-state index in [0.29, 0.717) is 16.7 Å². The average molecular weight is 340 g/mol. The van der Waals surface area contributed by atoms with E-state index in [-0.39, 0.29) is 23.1 Å². The molecule has 0 saturated heterocycles. The molecule has 7 heteroatoms. The Bertz CT molecular complexity index is 854. The molecule has 7 nitrogen and oxygen atoms in total. The van der Waals surface area contributed by atoms with Crippen LogP contribution in [0.2, 0.25) is 0 Å². The van der Waals surface area contributed by atoms with Gasteiger partial charge in [-0.3, -0.25) is 25.0 Å². The molecule has 0 saturated carbocycles. The minimum Gasteiger partial charge on any atom is -0.289 e. The molecule has 2 rings (SSSR count). The summed E-state index contributed by atoms with van der Waals surface area (Å²) in [6, 6.07) is 10.1. The first-order valence-corrected chi connectivity index (χ1v) is 7.55. The Labute approximate surface area is 143 Å². The number of carbonyl (C=O) groups excluding carboxylic acids is 1. The van der Waals surface area contributed by atoms with Gasteiger partial charge in [0, 0.05) is 29.3 Å². The van der Waals surface area contributed by atoms with E-state index in [9.17, 15) is 25.0 Å². The molecule has 0 spiro atoms. The lowest BCUT2D eigenvalue weighted by Gasteiger charge is -2.06. The molecule has 0 fully saturated rings.